The highest BCUT2D eigenvalue weighted by molar-refractivity contribution is 9.10. The number of amides is 4. The molecule has 162 valence electrons. The maximum atomic E-state index is 13.2. The SMILES string of the molecule is Cc1cccc(-n2c(C)cc(/C=C3\C(=O)NC(=O)N(c4ccc(Br)cc4)C3=O)c2C)c1C. The zero-order chi connectivity index (χ0) is 23.2. The molecule has 0 saturated carbocycles. The summed E-state index contributed by atoms with van der Waals surface area (Å²) in [5.41, 5.74) is 6.31. The van der Waals surface area contributed by atoms with Gasteiger partial charge in [-0.05, 0) is 86.9 Å². The number of carbonyl (C=O) groups excluding carboxylic acids is 3. The normalized spacial score (nSPS) is 15.5. The molecule has 1 aliphatic heterocycles. The number of barbiturate groups is 1. The van der Waals surface area contributed by atoms with E-state index in [0.29, 0.717) is 5.69 Å². The minimum Gasteiger partial charge on any atom is -0.318 e. The van der Waals surface area contributed by atoms with Crippen molar-refractivity contribution in [3.05, 3.63) is 86.7 Å². The third kappa shape index (κ3) is 3.69. The van der Waals surface area contributed by atoms with E-state index in [2.05, 4.69) is 45.7 Å². The molecule has 1 saturated heterocycles. The van der Waals surface area contributed by atoms with E-state index in [0.717, 1.165) is 37.6 Å². The molecule has 1 aromatic heterocycles. The van der Waals surface area contributed by atoms with Crippen LogP contribution in [0.1, 0.15) is 28.1 Å². The predicted octanol–water partition coefficient (Wildman–Crippen LogP) is 5.14. The smallest absolute Gasteiger partial charge is 0.318 e. The van der Waals surface area contributed by atoms with E-state index in [4.69, 9.17) is 0 Å². The van der Waals surface area contributed by atoms with Gasteiger partial charge in [-0.3, -0.25) is 14.9 Å². The Morgan fingerprint density at radius 3 is 2.31 bits per heavy atom. The van der Waals surface area contributed by atoms with Crippen LogP contribution in [0.15, 0.2) is 58.6 Å². The molecular weight excluding hydrogens is 470 g/mol. The minimum atomic E-state index is -0.764. The van der Waals surface area contributed by atoms with Crippen molar-refractivity contribution >= 4 is 45.5 Å². The summed E-state index contributed by atoms with van der Waals surface area (Å²) < 4.78 is 2.93. The Hall–Kier alpha value is -3.45. The van der Waals surface area contributed by atoms with Crippen LogP contribution in [-0.4, -0.2) is 22.4 Å². The summed E-state index contributed by atoms with van der Waals surface area (Å²) in [6, 6.07) is 14.0. The van der Waals surface area contributed by atoms with E-state index >= 15 is 0 Å². The lowest BCUT2D eigenvalue weighted by Crippen LogP contribution is -2.54. The summed E-state index contributed by atoms with van der Waals surface area (Å²) >= 11 is 3.34. The molecule has 32 heavy (non-hydrogen) atoms. The Bertz CT molecular complexity index is 1300. The fourth-order valence-electron chi connectivity index (χ4n) is 3.92. The molecule has 1 fully saturated rings. The van der Waals surface area contributed by atoms with Crippen LogP contribution in [0.5, 0.6) is 0 Å². The number of carbonyl (C=O) groups is 3. The van der Waals surface area contributed by atoms with E-state index in [1.807, 2.05) is 32.0 Å². The minimum absolute atomic E-state index is 0.0891. The predicted molar refractivity (Wildman–Crippen MR) is 128 cm³/mol. The van der Waals surface area contributed by atoms with E-state index < -0.39 is 17.8 Å². The number of imide groups is 2. The zero-order valence-electron chi connectivity index (χ0n) is 18.2. The van der Waals surface area contributed by atoms with Crippen molar-refractivity contribution in [1.29, 1.82) is 0 Å². The number of aromatic nitrogens is 1. The first-order valence-corrected chi connectivity index (χ1v) is 10.9. The van der Waals surface area contributed by atoms with Crippen LogP contribution in [0.2, 0.25) is 0 Å². The molecule has 1 aliphatic rings. The Labute approximate surface area is 194 Å². The third-order valence-electron chi connectivity index (χ3n) is 5.77. The first kappa shape index (κ1) is 21.8. The molecule has 0 radical (unpaired) electrons. The third-order valence-corrected chi connectivity index (χ3v) is 6.30. The molecule has 7 heteroatoms. The molecule has 4 amide bonds. The zero-order valence-corrected chi connectivity index (χ0v) is 19.8. The van der Waals surface area contributed by atoms with Crippen LogP contribution in [0.3, 0.4) is 0 Å². The molecule has 3 aromatic rings. The number of halogens is 1. The Morgan fingerprint density at radius 2 is 1.62 bits per heavy atom. The lowest BCUT2D eigenvalue weighted by atomic mass is 10.1. The van der Waals surface area contributed by atoms with Crippen LogP contribution in [0.4, 0.5) is 10.5 Å². The Kier molecular flexibility index (Phi) is 5.60. The van der Waals surface area contributed by atoms with Gasteiger partial charge in [0, 0.05) is 21.5 Å². The first-order valence-electron chi connectivity index (χ1n) is 10.1. The van der Waals surface area contributed by atoms with Crippen molar-refractivity contribution in [2.75, 3.05) is 4.90 Å². The molecule has 0 spiro atoms. The fraction of sp³-hybridized carbons (Fsp3) is 0.160. The van der Waals surface area contributed by atoms with E-state index in [9.17, 15) is 14.4 Å². The van der Waals surface area contributed by atoms with Gasteiger partial charge in [0.25, 0.3) is 11.8 Å². The second-order valence-corrected chi connectivity index (χ2v) is 8.73. The second kappa shape index (κ2) is 8.24. The van der Waals surface area contributed by atoms with Crippen molar-refractivity contribution in [3.63, 3.8) is 0 Å². The maximum absolute atomic E-state index is 13.2. The van der Waals surface area contributed by atoms with Gasteiger partial charge in [0.1, 0.15) is 5.57 Å². The summed E-state index contributed by atoms with van der Waals surface area (Å²) in [6.45, 7) is 8.07. The van der Waals surface area contributed by atoms with Gasteiger partial charge in [0.05, 0.1) is 5.69 Å². The number of rotatable bonds is 3. The average Bonchev–Trinajstić information content (AvgIpc) is 3.01. The molecule has 0 atom stereocenters. The lowest BCUT2D eigenvalue weighted by molar-refractivity contribution is -0.122. The van der Waals surface area contributed by atoms with Gasteiger partial charge in [0.2, 0.25) is 0 Å². The van der Waals surface area contributed by atoms with Crippen LogP contribution >= 0.6 is 15.9 Å². The Morgan fingerprint density at radius 1 is 0.938 bits per heavy atom. The van der Waals surface area contributed by atoms with Gasteiger partial charge >= 0.3 is 6.03 Å². The monoisotopic (exact) mass is 491 g/mol. The van der Waals surface area contributed by atoms with Crippen molar-refractivity contribution in [3.8, 4) is 5.69 Å². The standard InChI is InChI=1S/C25H22BrN3O3/c1-14-6-5-7-22(16(14)3)28-15(2)12-18(17(28)4)13-21-23(30)27-25(32)29(24(21)31)20-10-8-19(26)9-11-20/h5-13H,1-4H3,(H,27,30,32)/b21-13+. The Balaban J connectivity index is 1.78. The van der Waals surface area contributed by atoms with Gasteiger partial charge in [-0.25, -0.2) is 9.69 Å². The number of nitrogens with zero attached hydrogens (tertiary/aromatic N) is 2. The molecule has 2 aromatic carbocycles. The van der Waals surface area contributed by atoms with Gasteiger partial charge in [-0.15, -0.1) is 0 Å². The summed E-state index contributed by atoms with van der Waals surface area (Å²) in [7, 11) is 0. The van der Waals surface area contributed by atoms with E-state index in [1.54, 1.807) is 30.3 Å². The van der Waals surface area contributed by atoms with Crippen molar-refractivity contribution in [2.24, 2.45) is 0 Å². The quantitative estimate of drug-likeness (QED) is 0.407. The molecular formula is C25H22BrN3O3. The first-order chi connectivity index (χ1) is 15.2. The number of urea groups is 1. The summed E-state index contributed by atoms with van der Waals surface area (Å²) in [5.74, 6) is -1.36. The van der Waals surface area contributed by atoms with Gasteiger partial charge < -0.3 is 4.57 Å². The van der Waals surface area contributed by atoms with Crippen LogP contribution < -0.4 is 10.2 Å². The van der Waals surface area contributed by atoms with E-state index in [-0.39, 0.29) is 5.57 Å². The largest absolute Gasteiger partial charge is 0.335 e. The topological polar surface area (TPSA) is 71.4 Å². The fourth-order valence-corrected chi connectivity index (χ4v) is 4.18. The molecule has 2 heterocycles. The van der Waals surface area contributed by atoms with Gasteiger partial charge in [0.15, 0.2) is 0 Å². The highest BCUT2D eigenvalue weighted by Gasteiger charge is 2.37. The molecule has 4 rings (SSSR count). The molecule has 0 aliphatic carbocycles. The summed E-state index contributed by atoms with van der Waals surface area (Å²) in [6.07, 6.45) is 1.56. The van der Waals surface area contributed by atoms with Gasteiger partial charge in [-0.2, -0.15) is 0 Å². The lowest BCUT2D eigenvalue weighted by Gasteiger charge is -2.26. The number of aryl methyl sites for hydroxylation is 2. The van der Waals surface area contributed by atoms with Crippen molar-refractivity contribution in [2.45, 2.75) is 27.7 Å². The molecule has 1 N–H and O–H groups in total. The average molecular weight is 492 g/mol. The summed E-state index contributed by atoms with van der Waals surface area (Å²) in [4.78, 5) is 39.1. The maximum Gasteiger partial charge on any atom is 0.335 e. The molecule has 0 bridgehead atoms. The van der Waals surface area contributed by atoms with Crippen LogP contribution in [0, 0.1) is 27.7 Å². The highest BCUT2D eigenvalue weighted by Crippen LogP contribution is 2.28. The number of hydrogen-bond donors (Lipinski definition) is 1. The number of benzene rings is 2. The number of anilines is 1. The number of hydrogen-bond acceptors (Lipinski definition) is 3. The van der Waals surface area contributed by atoms with Crippen molar-refractivity contribution < 1.29 is 14.4 Å². The number of nitrogens with one attached hydrogen (secondary N) is 1. The van der Waals surface area contributed by atoms with E-state index in [1.165, 1.54) is 5.56 Å². The molecule has 0 unspecified atom stereocenters. The second-order valence-electron chi connectivity index (χ2n) is 7.82. The van der Waals surface area contributed by atoms with Gasteiger partial charge in [-0.1, -0.05) is 28.1 Å². The van der Waals surface area contributed by atoms with Crippen LogP contribution in [-0.2, 0) is 9.59 Å². The van der Waals surface area contributed by atoms with Crippen LogP contribution in [0.25, 0.3) is 11.8 Å². The highest BCUT2D eigenvalue weighted by atomic mass is 79.9. The molecule has 6 nitrogen and oxygen atoms in total. The van der Waals surface area contributed by atoms with Crippen molar-refractivity contribution in [1.82, 2.24) is 9.88 Å². The summed E-state index contributed by atoms with van der Waals surface area (Å²) in [5, 5.41) is 2.27.